The zero-order valence-electron chi connectivity index (χ0n) is 12.9. The number of thiocarbonyl (C=S) groups is 1. The van der Waals surface area contributed by atoms with Crippen LogP contribution < -0.4 is 5.73 Å². The number of carbonyl (C=O) groups is 1. The summed E-state index contributed by atoms with van der Waals surface area (Å²) in [6, 6.07) is 0.598. The molecule has 2 aliphatic rings. The van der Waals surface area contributed by atoms with Crippen molar-refractivity contribution in [2.24, 2.45) is 17.1 Å². The van der Waals surface area contributed by atoms with Crippen LogP contribution in [0.3, 0.4) is 0 Å². The van der Waals surface area contributed by atoms with Crippen molar-refractivity contribution in [3.63, 3.8) is 0 Å². The molecule has 1 saturated heterocycles. The highest BCUT2D eigenvalue weighted by atomic mass is 32.1. The Morgan fingerprint density at radius 2 is 1.90 bits per heavy atom. The molecular formula is C15H27N3OS. The van der Waals surface area contributed by atoms with E-state index in [1.165, 1.54) is 0 Å². The largest absolute Gasteiger partial charge is 0.392 e. The Morgan fingerprint density at radius 3 is 2.30 bits per heavy atom. The van der Waals surface area contributed by atoms with Crippen molar-refractivity contribution in [2.75, 3.05) is 26.2 Å². The van der Waals surface area contributed by atoms with E-state index in [9.17, 15) is 4.79 Å². The lowest BCUT2D eigenvalue weighted by molar-refractivity contribution is -0.146. The van der Waals surface area contributed by atoms with E-state index in [1.807, 2.05) is 4.90 Å². The minimum atomic E-state index is -0.534. The van der Waals surface area contributed by atoms with Gasteiger partial charge in [0.2, 0.25) is 5.91 Å². The molecule has 4 nitrogen and oxygen atoms in total. The van der Waals surface area contributed by atoms with Crippen LogP contribution >= 0.6 is 12.2 Å². The molecule has 2 N–H and O–H groups in total. The highest BCUT2D eigenvalue weighted by Gasteiger charge is 2.52. The molecule has 114 valence electrons. The Kier molecular flexibility index (Phi) is 4.69. The van der Waals surface area contributed by atoms with Crippen LogP contribution in [0, 0.1) is 11.3 Å². The first-order valence-corrected chi connectivity index (χ1v) is 8.15. The molecule has 5 heteroatoms. The number of amides is 1. The van der Waals surface area contributed by atoms with Gasteiger partial charge in [-0.25, -0.2) is 0 Å². The smallest absolute Gasteiger partial charge is 0.235 e. The Labute approximate surface area is 127 Å². The van der Waals surface area contributed by atoms with Gasteiger partial charge in [-0.05, 0) is 32.1 Å². The fraction of sp³-hybridized carbons (Fsp3) is 0.867. The molecule has 0 radical (unpaired) electrons. The number of nitrogens with two attached hydrogens (primary N) is 1. The second-order valence-corrected chi connectivity index (χ2v) is 6.99. The Balaban J connectivity index is 1.96. The fourth-order valence-corrected chi connectivity index (χ4v) is 3.79. The predicted molar refractivity (Wildman–Crippen MR) is 85.5 cm³/mol. The molecule has 20 heavy (non-hydrogen) atoms. The summed E-state index contributed by atoms with van der Waals surface area (Å²) in [5.74, 6) is 0.730. The van der Waals surface area contributed by atoms with Crippen LogP contribution in [0.15, 0.2) is 0 Å². The molecule has 1 saturated carbocycles. The maximum Gasteiger partial charge on any atom is 0.235 e. The van der Waals surface area contributed by atoms with Gasteiger partial charge in [-0.3, -0.25) is 9.69 Å². The van der Waals surface area contributed by atoms with Crippen molar-refractivity contribution >= 4 is 23.1 Å². The summed E-state index contributed by atoms with van der Waals surface area (Å²) in [4.78, 5) is 17.6. The molecule has 2 rings (SSSR count). The van der Waals surface area contributed by atoms with Gasteiger partial charge in [0, 0.05) is 32.2 Å². The average Bonchev–Trinajstić information content (AvgIpc) is 2.42. The molecule has 1 atom stereocenters. The lowest BCUT2D eigenvalue weighted by Crippen LogP contribution is -2.60. The molecule has 0 aromatic carbocycles. The molecule has 1 heterocycles. The molecule has 0 spiro atoms. The average molecular weight is 297 g/mol. The van der Waals surface area contributed by atoms with Gasteiger partial charge in [0.15, 0.2) is 0 Å². The predicted octanol–water partition coefficient (Wildman–Crippen LogP) is 1.63. The molecule has 0 bridgehead atoms. The van der Waals surface area contributed by atoms with Crippen LogP contribution in [-0.2, 0) is 4.79 Å². The zero-order chi connectivity index (χ0) is 14.9. The highest BCUT2D eigenvalue weighted by molar-refractivity contribution is 7.80. The minimum Gasteiger partial charge on any atom is -0.392 e. The quantitative estimate of drug-likeness (QED) is 0.801. The molecule has 1 unspecified atom stereocenters. The Bertz CT molecular complexity index is 385. The van der Waals surface area contributed by atoms with Crippen molar-refractivity contribution in [1.29, 1.82) is 0 Å². The third kappa shape index (κ3) is 2.70. The maximum absolute atomic E-state index is 12.8. The number of hydrogen-bond donors (Lipinski definition) is 1. The van der Waals surface area contributed by atoms with Gasteiger partial charge in [-0.1, -0.05) is 26.1 Å². The van der Waals surface area contributed by atoms with Gasteiger partial charge in [0.1, 0.15) is 0 Å². The first-order valence-electron chi connectivity index (χ1n) is 7.74. The van der Waals surface area contributed by atoms with E-state index in [4.69, 9.17) is 18.0 Å². The van der Waals surface area contributed by atoms with E-state index >= 15 is 0 Å². The molecule has 0 aromatic heterocycles. The van der Waals surface area contributed by atoms with E-state index in [2.05, 4.69) is 25.7 Å². The molecular weight excluding hydrogens is 270 g/mol. The van der Waals surface area contributed by atoms with Crippen LogP contribution in [-0.4, -0.2) is 52.9 Å². The summed E-state index contributed by atoms with van der Waals surface area (Å²) >= 11 is 5.18. The van der Waals surface area contributed by atoms with Gasteiger partial charge in [-0.2, -0.15) is 0 Å². The summed E-state index contributed by atoms with van der Waals surface area (Å²) in [5, 5.41) is 0. The van der Waals surface area contributed by atoms with Crippen LogP contribution in [0.1, 0.15) is 40.0 Å². The number of hydrogen-bond acceptors (Lipinski definition) is 3. The SMILES string of the molecule is CCC(C)N1CCN(C(=O)C2(C(N)=S)CC(C)C2)CC1. The summed E-state index contributed by atoms with van der Waals surface area (Å²) in [6.07, 6.45) is 2.81. The van der Waals surface area contributed by atoms with E-state index in [1.54, 1.807) is 0 Å². The summed E-state index contributed by atoms with van der Waals surface area (Å²) in [7, 11) is 0. The molecule has 1 amide bonds. The van der Waals surface area contributed by atoms with Crippen LogP contribution in [0.2, 0.25) is 0 Å². The Morgan fingerprint density at radius 1 is 1.35 bits per heavy atom. The fourth-order valence-electron chi connectivity index (χ4n) is 3.54. The van der Waals surface area contributed by atoms with E-state index < -0.39 is 5.41 Å². The van der Waals surface area contributed by atoms with Gasteiger partial charge < -0.3 is 10.6 Å². The van der Waals surface area contributed by atoms with Gasteiger partial charge in [0.05, 0.1) is 10.4 Å². The van der Waals surface area contributed by atoms with Crippen LogP contribution in [0.25, 0.3) is 0 Å². The van der Waals surface area contributed by atoms with E-state index in [-0.39, 0.29) is 5.91 Å². The van der Waals surface area contributed by atoms with E-state index in [0.717, 1.165) is 45.4 Å². The molecule has 2 fully saturated rings. The molecule has 1 aliphatic heterocycles. The maximum atomic E-state index is 12.8. The summed E-state index contributed by atoms with van der Waals surface area (Å²) in [6.45, 7) is 10.2. The van der Waals surface area contributed by atoms with Crippen molar-refractivity contribution in [1.82, 2.24) is 9.80 Å². The van der Waals surface area contributed by atoms with Gasteiger partial charge in [-0.15, -0.1) is 0 Å². The number of piperazine rings is 1. The van der Waals surface area contributed by atoms with Gasteiger partial charge in [0.25, 0.3) is 0 Å². The standard InChI is InChI=1S/C15H27N3OS/c1-4-12(3)17-5-7-18(8-6-17)14(19)15(13(16)20)9-11(2)10-15/h11-12H,4-10H2,1-3H3,(H2,16,20). The van der Waals surface area contributed by atoms with E-state index in [0.29, 0.717) is 16.9 Å². The molecule has 1 aliphatic carbocycles. The second kappa shape index (κ2) is 5.98. The first-order chi connectivity index (χ1) is 9.40. The monoisotopic (exact) mass is 297 g/mol. The second-order valence-electron chi connectivity index (χ2n) is 6.55. The summed E-state index contributed by atoms with van der Waals surface area (Å²) < 4.78 is 0. The van der Waals surface area contributed by atoms with Crippen molar-refractivity contribution in [2.45, 2.75) is 46.1 Å². The van der Waals surface area contributed by atoms with Crippen molar-refractivity contribution in [3.05, 3.63) is 0 Å². The van der Waals surface area contributed by atoms with Crippen molar-refractivity contribution < 1.29 is 4.79 Å². The summed E-state index contributed by atoms with van der Waals surface area (Å²) in [5.41, 5.74) is 5.34. The van der Waals surface area contributed by atoms with Gasteiger partial charge >= 0.3 is 0 Å². The normalized spacial score (nSPS) is 32.5. The van der Waals surface area contributed by atoms with Crippen molar-refractivity contribution in [3.8, 4) is 0 Å². The molecule has 0 aromatic rings. The first kappa shape index (κ1) is 15.7. The third-order valence-electron chi connectivity index (χ3n) is 5.09. The lowest BCUT2D eigenvalue weighted by Gasteiger charge is -2.48. The minimum absolute atomic E-state index is 0.173. The highest BCUT2D eigenvalue weighted by Crippen LogP contribution is 2.47. The lowest BCUT2D eigenvalue weighted by atomic mass is 9.61. The Hall–Kier alpha value is -0.680. The van der Waals surface area contributed by atoms with Crippen LogP contribution in [0.5, 0.6) is 0 Å². The number of carbonyl (C=O) groups excluding carboxylic acids is 1. The van der Waals surface area contributed by atoms with Crippen LogP contribution in [0.4, 0.5) is 0 Å². The zero-order valence-corrected chi connectivity index (χ0v) is 13.7. The number of nitrogens with zero attached hydrogens (tertiary/aromatic N) is 2. The third-order valence-corrected chi connectivity index (χ3v) is 5.48. The number of rotatable bonds is 4. The topological polar surface area (TPSA) is 49.6 Å².